The Kier molecular flexibility index (Phi) is 7.63. The highest BCUT2D eigenvalue weighted by Gasteiger charge is 2.16. The summed E-state index contributed by atoms with van der Waals surface area (Å²) in [6.07, 6.45) is 2.47. The van der Waals surface area contributed by atoms with E-state index in [0.29, 0.717) is 10.7 Å². The number of benzene rings is 1. The van der Waals surface area contributed by atoms with E-state index in [4.69, 9.17) is 16.3 Å². The van der Waals surface area contributed by atoms with E-state index in [1.54, 1.807) is 18.2 Å². The second-order valence-corrected chi connectivity index (χ2v) is 7.16. The third kappa shape index (κ3) is 5.72. The molecule has 0 aliphatic heterocycles. The van der Waals surface area contributed by atoms with Crippen LogP contribution in [0.25, 0.3) is 6.08 Å². The van der Waals surface area contributed by atoms with E-state index in [1.165, 1.54) is 6.08 Å². The van der Waals surface area contributed by atoms with E-state index >= 15 is 0 Å². The standard InChI is InChI=1S/C22H24ClN3O3/c1-5-8-26-15(3)10-17(16(26)4)11-18(12-24)22(28)29-13-21(27)25-20-7-6-14(2)9-19(20)23/h6-7,9-11H,5,8,13H2,1-4H3,(H,25,27)/b18-11+. The summed E-state index contributed by atoms with van der Waals surface area (Å²) in [6.45, 7) is 8.23. The van der Waals surface area contributed by atoms with Gasteiger partial charge in [-0.25, -0.2) is 4.79 Å². The molecular formula is C22H24ClN3O3. The largest absolute Gasteiger partial charge is 0.451 e. The molecular weight excluding hydrogens is 390 g/mol. The summed E-state index contributed by atoms with van der Waals surface area (Å²) < 4.78 is 7.13. The summed E-state index contributed by atoms with van der Waals surface area (Å²) in [5.41, 5.74) is 4.02. The Morgan fingerprint density at radius 2 is 2.00 bits per heavy atom. The Hall–Kier alpha value is -3.04. The van der Waals surface area contributed by atoms with Crippen molar-refractivity contribution in [2.24, 2.45) is 0 Å². The van der Waals surface area contributed by atoms with Crippen LogP contribution in [0.1, 0.15) is 35.9 Å². The van der Waals surface area contributed by atoms with Crippen molar-refractivity contribution >= 4 is 35.2 Å². The van der Waals surface area contributed by atoms with Crippen molar-refractivity contribution in [2.75, 3.05) is 11.9 Å². The predicted molar refractivity (Wildman–Crippen MR) is 114 cm³/mol. The van der Waals surface area contributed by atoms with Crippen LogP contribution < -0.4 is 5.32 Å². The van der Waals surface area contributed by atoms with Crippen molar-refractivity contribution in [3.05, 3.63) is 57.4 Å². The van der Waals surface area contributed by atoms with Crippen LogP contribution in [0.3, 0.4) is 0 Å². The fourth-order valence-corrected chi connectivity index (χ4v) is 3.23. The lowest BCUT2D eigenvalue weighted by atomic mass is 10.1. The fraction of sp³-hybridized carbons (Fsp3) is 0.318. The average Bonchev–Trinajstić information content (AvgIpc) is 2.94. The molecule has 0 aliphatic rings. The van der Waals surface area contributed by atoms with E-state index in [9.17, 15) is 14.9 Å². The first-order valence-corrected chi connectivity index (χ1v) is 9.66. The number of aromatic nitrogens is 1. The molecule has 2 rings (SSSR count). The maximum Gasteiger partial charge on any atom is 0.349 e. The molecule has 29 heavy (non-hydrogen) atoms. The van der Waals surface area contributed by atoms with Crippen LogP contribution >= 0.6 is 11.6 Å². The van der Waals surface area contributed by atoms with Crippen molar-refractivity contribution < 1.29 is 14.3 Å². The number of hydrogen-bond donors (Lipinski definition) is 1. The number of nitrogens with one attached hydrogen (secondary N) is 1. The Morgan fingerprint density at radius 3 is 2.62 bits per heavy atom. The molecule has 7 heteroatoms. The lowest BCUT2D eigenvalue weighted by molar-refractivity contribution is -0.142. The van der Waals surface area contributed by atoms with Crippen LogP contribution in [0.15, 0.2) is 29.8 Å². The van der Waals surface area contributed by atoms with Crippen LogP contribution in [0.2, 0.25) is 5.02 Å². The molecule has 0 aliphatic carbocycles. The van der Waals surface area contributed by atoms with Gasteiger partial charge in [0.1, 0.15) is 11.6 Å². The van der Waals surface area contributed by atoms with Gasteiger partial charge in [0, 0.05) is 17.9 Å². The summed E-state index contributed by atoms with van der Waals surface area (Å²) >= 11 is 6.07. The van der Waals surface area contributed by atoms with Gasteiger partial charge in [-0.05, 0) is 62.6 Å². The van der Waals surface area contributed by atoms with Crippen LogP contribution in [0.4, 0.5) is 5.69 Å². The number of esters is 1. The summed E-state index contributed by atoms with van der Waals surface area (Å²) in [7, 11) is 0. The minimum Gasteiger partial charge on any atom is -0.451 e. The summed E-state index contributed by atoms with van der Waals surface area (Å²) in [5.74, 6) is -1.39. The van der Waals surface area contributed by atoms with Crippen LogP contribution in [0, 0.1) is 32.1 Å². The normalized spacial score (nSPS) is 11.1. The topological polar surface area (TPSA) is 84.1 Å². The monoisotopic (exact) mass is 413 g/mol. The summed E-state index contributed by atoms with van der Waals surface area (Å²) in [4.78, 5) is 24.3. The number of carbonyl (C=O) groups excluding carboxylic acids is 2. The minimum atomic E-state index is -0.849. The molecule has 1 N–H and O–H groups in total. The number of amides is 1. The zero-order valence-corrected chi connectivity index (χ0v) is 17.8. The SMILES string of the molecule is CCCn1c(C)cc(/C=C(\C#N)C(=O)OCC(=O)Nc2ccc(C)cc2Cl)c1C. The highest BCUT2D eigenvalue weighted by molar-refractivity contribution is 6.33. The van der Waals surface area contributed by atoms with Crippen molar-refractivity contribution in [3.63, 3.8) is 0 Å². The van der Waals surface area contributed by atoms with Crippen LogP contribution in [-0.4, -0.2) is 23.1 Å². The van der Waals surface area contributed by atoms with Gasteiger partial charge < -0.3 is 14.6 Å². The van der Waals surface area contributed by atoms with Gasteiger partial charge in [-0.3, -0.25) is 4.79 Å². The van der Waals surface area contributed by atoms with E-state index in [1.807, 2.05) is 32.9 Å². The maximum absolute atomic E-state index is 12.2. The molecule has 0 spiro atoms. The second kappa shape index (κ2) is 9.94. The molecule has 0 saturated heterocycles. The lowest BCUT2D eigenvalue weighted by Gasteiger charge is -2.08. The molecule has 1 heterocycles. The number of carbonyl (C=O) groups is 2. The molecule has 0 unspecified atom stereocenters. The smallest absolute Gasteiger partial charge is 0.349 e. The summed E-state index contributed by atoms with van der Waals surface area (Å²) in [5, 5.41) is 12.3. The molecule has 0 atom stereocenters. The molecule has 0 bridgehead atoms. The number of ether oxygens (including phenoxy) is 1. The Morgan fingerprint density at radius 1 is 1.28 bits per heavy atom. The van der Waals surface area contributed by atoms with Gasteiger partial charge in [0.05, 0.1) is 10.7 Å². The Labute approximate surface area is 175 Å². The quantitative estimate of drug-likeness (QED) is 0.409. The number of nitrogens with zero attached hydrogens (tertiary/aromatic N) is 2. The molecule has 1 aromatic heterocycles. The van der Waals surface area contributed by atoms with Gasteiger partial charge in [-0.1, -0.05) is 24.6 Å². The molecule has 0 fully saturated rings. The highest BCUT2D eigenvalue weighted by atomic mass is 35.5. The molecule has 1 amide bonds. The first kappa shape index (κ1) is 22.3. The van der Waals surface area contributed by atoms with E-state index in [0.717, 1.165) is 35.5 Å². The van der Waals surface area contributed by atoms with Crippen molar-refractivity contribution in [3.8, 4) is 6.07 Å². The number of anilines is 1. The van der Waals surface area contributed by atoms with Gasteiger partial charge in [-0.2, -0.15) is 5.26 Å². The number of halogens is 1. The Bertz CT molecular complexity index is 999. The molecule has 6 nitrogen and oxygen atoms in total. The van der Waals surface area contributed by atoms with E-state index in [2.05, 4.69) is 16.8 Å². The minimum absolute atomic E-state index is 0.164. The maximum atomic E-state index is 12.2. The fourth-order valence-electron chi connectivity index (χ4n) is 2.95. The predicted octanol–water partition coefficient (Wildman–Crippen LogP) is 4.57. The number of hydrogen-bond acceptors (Lipinski definition) is 4. The Balaban J connectivity index is 2.05. The molecule has 1 aromatic carbocycles. The van der Waals surface area contributed by atoms with Crippen molar-refractivity contribution in [1.82, 2.24) is 4.57 Å². The number of aryl methyl sites for hydroxylation is 2. The van der Waals surface area contributed by atoms with Crippen molar-refractivity contribution in [1.29, 1.82) is 5.26 Å². The van der Waals surface area contributed by atoms with Gasteiger partial charge in [0.15, 0.2) is 6.61 Å². The molecule has 0 radical (unpaired) electrons. The lowest BCUT2D eigenvalue weighted by Crippen LogP contribution is -2.21. The van der Waals surface area contributed by atoms with Gasteiger partial charge in [0.2, 0.25) is 0 Å². The first-order chi connectivity index (χ1) is 13.8. The molecule has 152 valence electrons. The average molecular weight is 414 g/mol. The van der Waals surface area contributed by atoms with Gasteiger partial charge >= 0.3 is 5.97 Å². The highest BCUT2D eigenvalue weighted by Crippen LogP contribution is 2.22. The molecule has 2 aromatic rings. The third-order valence-corrected chi connectivity index (χ3v) is 4.75. The van der Waals surface area contributed by atoms with E-state index < -0.39 is 18.5 Å². The van der Waals surface area contributed by atoms with Crippen molar-refractivity contribution in [2.45, 2.75) is 40.7 Å². The zero-order chi connectivity index (χ0) is 21.6. The number of rotatable bonds is 7. The van der Waals surface area contributed by atoms with Crippen LogP contribution in [-0.2, 0) is 20.9 Å². The third-order valence-electron chi connectivity index (χ3n) is 4.43. The molecule has 0 saturated carbocycles. The van der Waals surface area contributed by atoms with Gasteiger partial charge in [0.25, 0.3) is 5.91 Å². The second-order valence-electron chi connectivity index (χ2n) is 6.76. The zero-order valence-electron chi connectivity index (χ0n) is 17.0. The van der Waals surface area contributed by atoms with Crippen LogP contribution in [0.5, 0.6) is 0 Å². The van der Waals surface area contributed by atoms with E-state index in [-0.39, 0.29) is 5.57 Å². The van der Waals surface area contributed by atoms with Gasteiger partial charge in [-0.15, -0.1) is 0 Å². The summed E-state index contributed by atoms with van der Waals surface area (Å²) in [6, 6.07) is 8.96. The first-order valence-electron chi connectivity index (χ1n) is 9.28. The number of nitriles is 1.